The highest BCUT2D eigenvalue weighted by Gasteiger charge is 2.44. The minimum Gasteiger partial charge on any atom is -0.507 e. The van der Waals surface area contributed by atoms with Crippen molar-refractivity contribution in [2.75, 3.05) is 52.6 Å². The summed E-state index contributed by atoms with van der Waals surface area (Å²) in [6.07, 6.45) is -4.53. The van der Waals surface area contributed by atoms with Crippen LogP contribution in [0.4, 0.5) is 35.0 Å². The average molecular weight is 1010 g/mol. The molecule has 6 amide bonds. The van der Waals surface area contributed by atoms with Gasteiger partial charge in [0.1, 0.15) is 18.1 Å². The van der Waals surface area contributed by atoms with E-state index in [4.69, 9.17) is 39.4 Å². The van der Waals surface area contributed by atoms with Crippen LogP contribution in [0.25, 0.3) is 21.5 Å². The lowest BCUT2D eigenvalue weighted by Gasteiger charge is -2.30. The Balaban J connectivity index is 1.06. The number of benzene rings is 5. The van der Waals surface area contributed by atoms with E-state index in [-0.39, 0.29) is 92.1 Å². The lowest BCUT2D eigenvalue weighted by Crippen LogP contribution is -2.53. The van der Waals surface area contributed by atoms with Crippen LogP contribution >= 0.6 is 23.2 Å². The summed E-state index contributed by atoms with van der Waals surface area (Å²) in [5.74, 6) is -2.69. The molecule has 2 aliphatic heterocycles. The molecule has 70 heavy (non-hydrogen) atoms. The SMILES string of the molecule is CC(C)[C@H](N)C(=O)N[C@@H](CCCNC(N)=O)CN(C(=O)C(F)(F)F)c1ccc(COc2cc3c(c4ccccc24)[C@H](CCl)CN3C(=O)CCCC(=O)N2C[C@@H](CCl)c3c2cc(O)c2ccccc32)cc1. The van der Waals surface area contributed by atoms with Crippen molar-refractivity contribution in [2.24, 2.45) is 17.4 Å². The molecular formula is C51H56Cl2F3N7O7. The summed E-state index contributed by atoms with van der Waals surface area (Å²) in [4.78, 5) is 68.8. The van der Waals surface area contributed by atoms with Crippen LogP contribution in [-0.4, -0.2) is 91.0 Å². The third-order valence-corrected chi connectivity index (χ3v) is 13.7. The summed E-state index contributed by atoms with van der Waals surface area (Å²) < 4.78 is 48.7. The number of primary amides is 1. The summed E-state index contributed by atoms with van der Waals surface area (Å²) in [6, 6.07) is 21.5. The van der Waals surface area contributed by atoms with Crippen LogP contribution in [0.2, 0.25) is 0 Å². The maximum Gasteiger partial charge on any atom is 0.471 e. The molecule has 0 bridgehead atoms. The first kappa shape index (κ1) is 51.5. The number of phenolic OH excluding ortho intramolecular Hbond substituents is 1. The summed E-state index contributed by atoms with van der Waals surface area (Å²) in [6.45, 7) is 3.61. The number of halogens is 5. The number of ether oxygens (including phenoxy) is 1. The van der Waals surface area contributed by atoms with E-state index < -0.39 is 42.7 Å². The molecule has 5 aromatic rings. The monoisotopic (exact) mass is 1010 g/mol. The molecular weight excluding hydrogens is 951 g/mol. The van der Waals surface area contributed by atoms with Gasteiger partial charge in [-0.3, -0.25) is 19.2 Å². The summed E-state index contributed by atoms with van der Waals surface area (Å²) in [5, 5.41) is 19.0. The minimum absolute atomic E-state index is 0.0400. The van der Waals surface area contributed by atoms with Gasteiger partial charge in [-0.05, 0) is 64.8 Å². The quantitative estimate of drug-likeness (QED) is 0.0402. The number of carbonyl (C=O) groups is 5. The third-order valence-electron chi connectivity index (χ3n) is 13.0. The Morgan fingerprint density at radius 3 is 1.90 bits per heavy atom. The van der Waals surface area contributed by atoms with Crippen LogP contribution in [0.5, 0.6) is 11.5 Å². The van der Waals surface area contributed by atoms with Gasteiger partial charge < -0.3 is 46.6 Å². The average Bonchev–Trinajstić information content (AvgIpc) is 3.91. The highest BCUT2D eigenvalue weighted by atomic mass is 35.5. The van der Waals surface area contributed by atoms with Gasteiger partial charge in [0.25, 0.3) is 0 Å². The van der Waals surface area contributed by atoms with Crippen molar-refractivity contribution >= 4 is 91.5 Å². The van der Waals surface area contributed by atoms with Gasteiger partial charge in [-0.25, -0.2) is 4.79 Å². The molecule has 7 rings (SSSR count). The largest absolute Gasteiger partial charge is 0.507 e. The predicted octanol–water partition coefficient (Wildman–Crippen LogP) is 8.30. The molecule has 0 radical (unpaired) electrons. The molecule has 4 atom stereocenters. The number of alkyl halides is 5. The van der Waals surface area contributed by atoms with E-state index in [0.717, 1.165) is 27.3 Å². The second-order valence-electron chi connectivity index (χ2n) is 18.1. The number of hydrogen-bond acceptors (Lipinski definition) is 8. The first-order chi connectivity index (χ1) is 33.4. The first-order valence-corrected chi connectivity index (χ1v) is 24.2. The molecule has 0 saturated heterocycles. The number of urea groups is 1. The van der Waals surface area contributed by atoms with Gasteiger partial charge in [-0.15, -0.1) is 23.2 Å². The fourth-order valence-corrected chi connectivity index (χ4v) is 9.83. The molecule has 2 aliphatic rings. The van der Waals surface area contributed by atoms with Gasteiger partial charge in [0, 0.05) is 97.3 Å². The smallest absolute Gasteiger partial charge is 0.471 e. The number of aromatic hydroxyl groups is 1. The lowest BCUT2D eigenvalue weighted by molar-refractivity contribution is -0.170. The summed E-state index contributed by atoms with van der Waals surface area (Å²) in [7, 11) is 0. The van der Waals surface area contributed by atoms with Crippen molar-refractivity contribution in [1.82, 2.24) is 10.6 Å². The molecule has 0 unspecified atom stereocenters. The first-order valence-electron chi connectivity index (χ1n) is 23.1. The van der Waals surface area contributed by atoms with E-state index in [9.17, 15) is 42.3 Å². The normalized spacial score (nSPS) is 16.2. The molecule has 14 nitrogen and oxygen atoms in total. The van der Waals surface area contributed by atoms with Crippen molar-refractivity contribution < 1.29 is 47.0 Å². The number of nitrogens with one attached hydrogen (secondary N) is 2. The van der Waals surface area contributed by atoms with Crippen molar-refractivity contribution in [1.29, 1.82) is 0 Å². The second kappa shape index (κ2) is 22.2. The number of phenols is 1. The zero-order chi connectivity index (χ0) is 50.4. The molecule has 372 valence electrons. The van der Waals surface area contributed by atoms with Crippen molar-refractivity contribution in [3.8, 4) is 11.5 Å². The zero-order valence-electron chi connectivity index (χ0n) is 38.7. The Hall–Kier alpha value is -6.30. The molecule has 0 fully saturated rings. The summed E-state index contributed by atoms with van der Waals surface area (Å²) in [5.41, 5.74) is 14.7. The minimum atomic E-state index is -5.25. The predicted molar refractivity (Wildman–Crippen MR) is 266 cm³/mol. The van der Waals surface area contributed by atoms with E-state index in [2.05, 4.69) is 10.6 Å². The maximum absolute atomic E-state index is 14.1. The molecule has 0 aliphatic carbocycles. The third kappa shape index (κ3) is 11.3. The van der Waals surface area contributed by atoms with E-state index in [1.807, 2.05) is 48.5 Å². The van der Waals surface area contributed by atoms with Crippen LogP contribution in [0.15, 0.2) is 84.9 Å². The van der Waals surface area contributed by atoms with Crippen molar-refractivity contribution in [3.63, 3.8) is 0 Å². The molecule has 0 saturated carbocycles. The van der Waals surface area contributed by atoms with Crippen LogP contribution in [-0.2, 0) is 25.8 Å². The van der Waals surface area contributed by atoms with Crippen LogP contribution in [0, 0.1) is 5.92 Å². The van der Waals surface area contributed by atoms with E-state index in [1.54, 1.807) is 35.8 Å². The number of fused-ring (bicyclic) bond motifs is 6. The van der Waals surface area contributed by atoms with Gasteiger partial charge in [-0.2, -0.15) is 13.2 Å². The van der Waals surface area contributed by atoms with Crippen LogP contribution in [0.1, 0.15) is 74.5 Å². The fraction of sp³-hybridized carbons (Fsp3) is 0.392. The molecule has 0 spiro atoms. The summed E-state index contributed by atoms with van der Waals surface area (Å²) >= 11 is 12.9. The van der Waals surface area contributed by atoms with Gasteiger partial charge in [-0.1, -0.05) is 74.5 Å². The van der Waals surface area contributed by atoms with Gasteiger partial charge in [0.2, 0.25) is 17.7 Å². The van der Waals surface area contributed by atoms with E-state index >= 15 is 0 Å². The van der Waals surface area contributed by atoms with Gasteiger partial charge in [0.15, 0.2) is 0 Å². The number of amides is 6. The van der Waals surface area contributed by atoms with Gasteiger partial charge >= 0.3 is 18.1 Å². The highest BCUT2D eigenvalue weighted by Crippen LogP contribution is 2.47. The Morgan fingerprint density at radius 2 is 1.36 bits per heavy atom. The molecule has 0 aromatic heterocycles. The van der Waals surface area contributed by atoms with Crippen molar-refractivity contribution in [3.05, 3.63) is 102 Å². The lowest BCUT2D eigenvalue weighted by atomic mass is 9.95. The number of carbonyl (C=O) groups excluding carboxylic acids is 5. The Labute approximate surface area is 413 Å². The number of rotatable bonds is 19. The van der Waals surface area contributed by atoms with E-state index in [0.29, 0.717) is 51.9 Å². The molecule has 7 N–H and O–H groups in total. The number of hydrogen-bond donors (Lipinski definition) is 5. The highest BCUT2D eigenvalue weighted by molar-refractivity contribution is 6.19. The Morgan fingerprint density at radius 1 is 0.814 bits per heavy atom. The van der Waals surface area contributed by atoms with E-state index in [1.165, 1.54) is 24.3 Å². The Kier molecular flexibility index (Phi) is 16.3. The van der Waals surface area contributed by atoms with Crippen LogP contribution in [0.3, 0.4) is 0 Å². The zero-order valence-corrected chi connectivity index (χ0v) is 40.2. The van der Waals surface area contributed by atoms with Gasteiger partial charge in [0.05, 0.1) is 17.4 Å². The Bertz CT molecular complexity index is 2760. The van der Waals surface area contributed by atoms with Crippen LogP contribution < -0.4 is 41.5 Å². The maximum atomic E-state index is 14.1. The number of nitrogens with two attached hydrogens (primary N) is 2. The molecule has 19 heteroatoms. The molecule has 5 aromatic carbocycles. The van der Waals surface area contributed by atoms with Crippen molar-refractivity contribution in [2.45, 2.75) is 82.7 Å². The number of anilines is 3. The topological polar surface area (TPSA) is 201 Å². The fourth-order valence-electron chi connectivity index (χ4n) is 9.33. The standard InChI is InChI=1S/C51H56Cl2F3N7O7/c1-29(2)47(57)48(67)60-33(9-8-20-59-50(58)69)27-61(49(68)51(54,55)56)34-18-16-30(17-19-34)28-70-42-22-40-46(38-13-6-4-11-36(38)42)32(24-53)26-63(40)44(66)15-7-14-43(65)62-25-31(23-52)45-37-12-5-3-10-35(37)41(64)21-39(45)62/h3-6,10-13,16-19,21-22,29,31-33,47,64H,7-9,14-15,20,23-28,57H2,1-2H3,(H,60,67)(H3,58,59,69)/t31-,32-,33+,47+/m1/s1. The second-order valence-corrected chi connectivity index (χ2v) is 18.7. The molecule has 2 heterocycles. The number of nitrogens with zero attached hydrogens (tertiary/aromatic N) is 3.